The number of carbonyl (C=O) groups is 1. The molecule has 0 unspecified atom stereocenters. The van der Waals surface area contributed by atoms with E-state index in [9.17, 15) is 4.79 Å². The number of carbonyl (C=O) groups excluding carboxylic acids is 1. The van der Waals surface area contributed by atoms with E-state index in [1.54, 1.807) is 0 Å². The van der Waals surface area contributed by atoms with Crippen LogP contribution in [0.15, 0.2) is 42.5 Å². The Bertz CT molecular complexity index is 1120. The highest BCUT2D eigenvalue weighted by atomic mass is 16.1. The smallest absolute Gasteiger partial charge is 0.229 e. The maximum atomic E-state index is 13.0. The zero-order valence-electron chi connectivity index (χ0n) is 18.3. The molecule has 3 aromatic rings. The summed E-state index contributed by atoms with van der Waals surface area (Å²) in [7, 11) is 0. The second-order valence-corrected chi connectivity index (χ2v) is 9.02. The van der Waals surface area contributed by atoms with Crippen molar-refractivity contribution in [3.63, 3.8) is 0 Å². The summed E-state index contributed by atoms with van der Waals surface area (Å²) in [6.45, 7) is 10.4. The molecule has 2 N–H and O–H groups in total. The Morgan fingerprint density at radius 1 is 0.900 bits per heavy atom. The third kappa shape index (κ3) is 4.06. The molecule has 0 aliphatic heterocycles. The van der Waals surface area contributed by atoms with E-state index >= 15 is 0 Å². The first-order valence-electron chi connectivity index (χ1n) is 10.3. The van der Waals surface area contributed by atoms with Crippen LogP contribution in [0.1, 0.15) is 53.0 Å². The largest absolute Gasteiger partial charge is 0.339 e. The van der Waals surface area contributed by atoms with Gasteiger partial charge in [0.25, 0.3) is 0 Å². The quantitative estimate of drug-likeness (QED) is 0.558. The van der Waals surface area contributed by atoms with Crippen molar-refractivity contribution in [3.05, 3.63) is 70.4 Å². The van der Waals surface area contributed by atoms with Crippen LogP contribution >= 0.6 is 0 Å². The van der Waals surface area contributed by atoms with E-state index in [1.807, 2.05) is 36.4 Å². The van der Waals surface area contributed by atoms with Crippen LogP contribution < -0.4 is 10.6 Å². The Balaban J connectivity index is 1.79. The Kier molecular flexibility index (Phi) is 5.06. The number of Topliss-reactive ketones (excluding diaryl/α,β-unsaturated/α-hetero) is 1. The molecule has 30 heavy (non-hydrogen) atoms. The van der Waals surface area contributed by atoms with Gasteiger partial charge in [0.15, 0.2) is 5.78 Å². The van der Waals surface area contributed by atoms with Crippen molar-refractivity contribution in [2.24, 2.45) is 5.41 Å². The average Bonchev–Trinajstić information content (AvgIpc) is 2.66. The Morgan fingerprint density at radius 3 is 2.37 bits per heavy atom. The first-order valence-corrected chi connectivity index (χ1v) is 10.3. The van der Waals surface area contributed by atoms with E-state index in [0.717, 1.165) is 29.1 Å². The van der Waals surface area contributed by atoms with Gasteiger partial charge in [-0.05, 0) is 61.9 Å². The summed E-state index contributed by atoms with van der Waals surface area (Å²) >= 11 is 0. The topological polar surface area (TPSA) is 66.9 Å². The molecular weight excluding hydrogens is 372 g/mol. The molecule has 0 fully saturated rings. The van der Waals surface area contributed by atoms with Crippen LogP contribution in [-0.4, -0.2) is 15.8 Å². The highest BCUT2D eigenvalue weighted by Crippen LogP contribution is 2.38. The molecule has 1 aliphatic rings. The summed E-state index contributed by atoms with van der Waals surface area (Å²) in [5, 5.41) is 6.72. The van der Waals surface area contributed by atoms with Gasteiger partial charge < -0.3 is 10.6 Å². The molecule has 0 saturated heterocycles. The lowest BCUT2D eigenvalue weighted by Crippen LogP contribution is -2.29. The van der Waals surface area contributed by atoms with E-state index in [1.165, 1.54) is 11.1 Å². The summed E-state index contributed by atoms with van der Waals surface area (Å²) in [5.41, 5.74) is 6.69. The van der Waals surface area contributed by atoms with Crippen LogP contribution in [0.4, 0.5) is 23.1 Å². The van der Waals surface area contributed by atoms with Crippen molar-refractivity contribution in [3.8, 4) is 0 Å². The standard InChI is InChI=1S/C25H28N4O/c1-15-9-11-18(12-10-15)26-24-28-20-13-25(4,5)14-21(30)22(20)23(29-24)27-19-8-6-7-16(2)17(19)3/h6-12H,13-14H2,1-5H3,(H2,26,27,28,29). The van der Waals surface area contributed by atoms with Gasteiger partial charge in [0.05, 0.1) is 11.3 Å². The van der Waals surface area contributed by atoms with Gasteiger partial charge >= 0.3 is 0 Å². The zero-order chi connectivity index (χ0) is 21.5. The van der Waals surface area contributed by atoms with Gasteiger partial charge in [-0.25, -0.2) is 4.98 Å². The lowest BCUT2D eigenvalue weighted by Gasteiger charge is -2.30. The number of nitrogens with zero attached hydrogens (tertiary/aromatic N) is 2. The molecule has 0 spiro atoms. The summed E-state index contributed by atoms with van der Waals surface area (Å²) in [6.07, 6.45) is 1.23. The third-order valence-corrected chi connectivity index (χ3v) is 5.71. The third-order valence-electron chi connectivity index (χ3n) is 5.71. The van der Waals surface area contributed by atoms with Crippen LogP contribution in [0.3, 0.4) is 0 Å². The Hall–Kier alpha value is -3.21. The Labute approximate surface area is 178 Å². The van der Waals surface area contributed by atoms with Crippen molar-refractivity contribution in [1.29, 1.82) is 0 Å². The fourth-order valence-electron chi connectivity index (χ4n) is 3.89. The molecule has 5 heteroatoms. The van der Waals surface area contributed by atoms with Crippen molar-refractivity contribution in [2.75, 3.05) is 10.6 Å². The van der Waals surface area contributed by atoms with Crippen LogP contribution in [0, 0.1) is 26.2 Å². The monoisotopic (exact) mass is 400 g/mol. The molecule has 0 atom stereocenters. The maximum absolute atomic E-state index is 13.0. The number of hydrogen-bond acceptors (Lipinski definition) is 5. The lowest BCUT2D eigenvalue weighted by molar-refractivity contribution is 0.0911. The van der Waals surface area contributed by atoms with Crippen molar-refractivity contribution < 1.29 is 4.79 Å². The molecule has 0 radical (unpaired) electrons. The number of aryl methyl sites for hydroxylation is 2. The number of rotatable bonds is 4. The summed E-state index contributed by atoms with van der Waals surface area (Å²) in [6, 6.07) is 14.2. The summed E-state index contributed by atoms with van der Waals surface area (Å²) in [4.78, 5) is 22.5. The van der Waals surface area contributed by atoms with E-state index in [0.29, 0.717) is 23.8 Å². The molecule has 0 saturated carbocycles. The number of ketones is 1. The number of nitrogens with one attached hydrogen (secondary N) is 2. The van der Waals surface area contributed by atoms with Crippen LogP contribution in [0.25, 0.3) is 0 Å². The number of aromatic nitrogens is 2. The van der Waals surface area contributed by atoms with Gasteiger partial charge in [0.2, 0.25) is 5.95 Å². The summed E-state index contributed by atoms with van der Waals surface area (Å²) in [5.74, 6) is 1.16. The van der Waals surface area contributed by atoms with E-state index in [-0.39, 0.29) is 11.2 Å². The number of anilines is 4. The summed E-state index contributed by atoms with van der Waals surface area (Å²) < 4.78 is 0. The van der Waals surface area contributed by atoms with Crippen LogP contribution in [-0.2, 0) is 6.42 Å². The predicted molar refractivity (Wildman–Crippen MR) is 122 cm³/mol. The molecule has 154 valence electrons. The predicted octanol–water partition coefficient (Wildman–Crippen LogP) is 6.04. The van der Waals surface area contributed by atoms with Crippen LogP contribution in [0.5, 0.6) is 0 Å². The number of benzene rings is 2. The fraction of sp³-hybridized carbons (Fsp3) is 0.320. The first kappa shape index (κ1) is 20.1. The second-order valence-electron chi connectivity index (χ2n) is 9.02. The average molecular weight is 401 g/mol. The number of hydrogen-bond donors (Lipinski definition) is 2. The highest BCUT2D eigenvalue weighted by molar-refractivity contribution is 6.03. The van der Waals surface area contributed by atoms with E-state index in [4.69, 9.17) is 9.97 Å². The Morgan fingerprint density at radius 2 is 1.63 bits per heavy atom. The van der Waals surface area contributed by atoms with Gasteiger partial charge in [-0.1, -0.05) is 43.7 Å². The minimum Gasteiger partial charge on any atom is -0.339 e. The molecule has 2 aromatic carbocycles. The SMILES string of the molecule is Cc1ccc(Nc2nc3c(c(Nc4cccc(C)c4C)n2)C(=O)CC(C)(C)C3)cc1. The van der Waals surface area contributed by atoms with E-state index in [2.05, 4.69) is 51.3 Å². The minimum atomic E-state index is -0.115. The molecule has 4 rings (SSSR count). The molecular formula is C25H28N4O. The van der Waals surface area contributed by atoms with Crippen molar-refractivity contribution in [1.82, 2.24) is 9.97 Å². The number of fused-ring (bicyclic) bond motifs is 1. The van der Waals surface area contributed by atoms with Gasteiger partial charge in [-0.3, -0.25) is 4.79 Å². The zero-order valence-corrected chi connectivity index (χ0v) is 18.3. The highest BCUT2D eigenvalue weighted by Gasteiger charge is 2.35. The van der Waals surface area contributed by atoms with Gasteiger partial charge in [-0.15, -0.1) is 0 Å². The second kappa shape index (κ2) is 7.56. The van der Waals surface area contributed by atoms with Crippen LogP contribution in [0.2, 0.25) is 0 Å². The van der Waals surface area contributed by atoms with Crippen molar-refractivity contribution in [2.45, 2.75) is 47.5 Å². The normalized spacial score (nSPS) is 14.9. The van der Waals surface area contributed by atoms with E-state index < -0.39 is 0 Å². The fourth-order valence-corrected chi connectivity index (χ4v) is 3.89. The molecule has 0 bridgehead atoms. The molecule has 5 nitrogen and oxygen atoms in total. The van der Waals surface area contributed by atoms with Crippen molar-refractivity contribution >= 4 is 28.9 Å². The molecule has 0 amide bonds. The van der Waals surface area contributed by atoms with Gasteiger partial charge in [0.1, 0.15) is 5.82 Å². The lowest BCUT2D eigenvalue weighted by atomic mass is 9.75. The molecule has 1 aromatic heterocycles. The molecule has 1 heterocycles. The first-order chi connectivity index (χ1) is 14.2. The van der Waals surface area contributed by atoms with Gasteiger partial charge in [0, 0.05) is 17.8 Å². The maximum Gasteiger partial charge on any atom is 0.229 e. The molecule has 1 aliphatic carbocycles. The minimum absolute atomic E-state index is 0.0935. The van der Waals surface area contributed by atoms with Gasteiger partial charge in [-0.2, -0.15) is 4.98 Å².